The van der Waals surface area contributed by atoms with Crippen LogP contribution in [0, 0.1) is 0 Å². The molecule has 0 aliphatic carbocycles. The Balaban J connectivity index is 1.43. The van der Waals surface area contributed by atoms with E-state index in [0.29, 0.717) is 27.7 Å². The molecule has 0 saturated carbocycles. The molecule has 0 bridgehead atoms. The molecular formula is C23H14Cl2F3N3O2. The first-order valence-corrected chi connectivity index (χ1v) is 10.2. The van der Waals surface area contributed by atoms with Gasteiger partial charge in [-0.25, -0.2) is 4.79 Å². The number of halogens is 5. The number of anilines is 2. The van der Waals surface area contributed by atoms with Crippen molar-refractivity contribution in [1.29, 1.82) is 0 Å². The maximum absolute atomic E-state index is 13.0. The summed E-state index contributed by atoms with van der Waals surface area (Å²) in [5.74, 6) is 0.999. The van der Waals surface area contributed by atoms with Crippen LogP contribution in [0.2, 0.25) is 10.0 Å². The Morgan fingerprint density at radius 1 is 0.879 bits per heavy atom. The molecule has 3 aromatic carbocycles. The first-order valence-electron chi connectivity index (χ1n) is 9.46. The van der Waals surface area contributed by atoms with Gasteiger partial charge in [-0.3, -0.25) is 4.98 Å². The summed E-state index contributed by atoms with van der Waals surface area (Å²) in [6.45, 7) is 0. The van der Waals surface area contributed by atoms with Crippen molar-refractivity contribution < 1.29 is 22.7 Å². The van der Waals surface area contributed by atoms with Crippen LogP contribution in [0.1, 0.15) is 5.56 Å². The van der Waals surface area contributed by atoms with Crippen LogP contribution in [0.15, 0.2) is 72.9 Å². The van der Waals surface area contributed by atoms with E-state index >= 15 is 0 Å². The smallest absolute Gasteiger partial charge is 0.417 e. The van der Waals surface area contributed by atoms with E-state index < -0.39 is 22.8 Å². The van der Waals surface area contributed by atoms with Gasteiger partial charge in [0.05, 0.1) is 15.6 Å². The summed E-state index contributed by atoms with van der Waals surface area (Å²) >= 11 is 11.8. The van der Waals surface area contributed by atoms with Crippen LogP contribution < -0.4 is 15.4 Å². The summed E-state index contributed by atoms with van der Waals surface area (Å²) in [7, 11) is 0. The van der Waals surface area contributed by atoms with E-state index in [9.17, 15) is 18.0 Å². The van der Waals surface area contributed by atoms with E-state index in [1.54, 1.807) is 48.7 Å². The van der Waals surface area contributed by atoms with Gasteiger partial charge in [0.25, 0.3) is 0 Å². The molecule has 4 aromatic rings. The second-order valence-electron chi connectivity index (χ2n) is 6.84. The topological polar surface area (TPSA) is 63.2 Å². The van der Waals surface area contributed by atoms with Crippen molar-refractivity contribution in [2.75, 3.05) is 10.6 Å². The van der Waals surface area contributed by atoms with Gasteiger partial charge in [-0.2, -0.15) is 13.2 Å². The molecule has 2 N–H and O–H groups in total. The zero-order valence-corrected chi connectivity index (χ0v) is 18.1. The Morgan fingerprint density at radius 3 is 2.27 bits per heavy atom. The minimum atomic E-state index is -4.63. The number of fused-ring (bicyclic) bond motifs is 1. The SMILES string of the molecule is O=C(Nc1ccc(Oc2ccc(Cl)c3cccnc23)cc1)Nc1ccc(Cl)c(C(F)(F)F)c1. The number of carbonyl (C=O) groups is 1. The highest BCUT2D eigenvalue weighted by Crippen LogP contribution is 2.36. The fourth-order valence-corrected chi connectivity index (χ4v) is 3.48. The third-order valence-corrected chi connectivity index (χ3v) is 5.21. The third kappa shape index (κ3) is 5.30. The van der Waals surface area contributed by atoms with E-state index in [0.717, 1.165) is 17.5 Å². The lowest BCUT2D eigenvalue weighted by Gasteiger charge is -2.13. The molecule has 0 unspecified atom stereocenters. The number of amides is 2. The molecule has 33 heavy (non-hydrogen) atoms. The Hall–Kier alpha value is -3.49. The maximum Gasteiger partial charge on any atom is 0.417 e. The number of aromatic nitrogens is 1. The number of nitrogens with zero attached hydrogens (tertiary/aromatic N) is 1. The normalized spacial score (nSPS) is 11.3. The second kappa shape index (κ2) is 9.17. The van der Waals surface area contributed by atoms with E-state index in [1.807, 2.05) is 6.07 Å². The number of nitrogens with one attached hydrogen (secondary N) is 2. The average Bonchev–Trinajstić information content (AvgIpc) is 2.78. The Kier molecular flexibility index (Phi) is 6.31. The average molecular weight is 492 g/mol. The molecule has 0 spiro atoms. The van der Waals surface area contributed by atoms with Crippen LogP contribution in [-0.2, 0) is 6.18 Å². The number of urea groups is 1. The zero-order valence-electron chi connectivity index (χ0n) is 16.6. The number of carbonyl (C=O) groups excluding carboxylic acids is 1. The van der Waals surface area contributed by atoms with Crippen molar-refractivity contribution in [1.82, 2.24) is 4.98 Å². The number of alkyl halides is 3. The number of hydrogen-bond donors (Lipinski definition) is 2. The fourth-order valence-electron chi connectivity index (χ4n) is 3.04. The molecular weight excluding hydrogens is 478 g/mol. The van der Waals surface area contributed by atoms with Gasteiger partial charge in [0.2, 0.25) is 0 Å². The molecule has 0 atom stereocenters. The van der Waals surface area contributed by atoms with Gasteiger partial charge in [-0.15, -0.1) is 0 Å². The standard InChI is InChI=1S/C23H14Cl2F3N3O2/c24-18-9-10-20(21-16(18)2-1-11-29-21)33-15-6-3-13(4-7-15)30-22(32)31-14-5-8-19(25)17(12-14)23(26,27)28/h1-12H,(H2,30,31,32). The highest BCUT2D eigenvalue weighted by molar-refractivity contribution is 6.35. The van der Waals surface area contributed by atoms with Gasteiger partial charge in [0.15, 0.2) is 5.75 Å². The van der Waals surface area contributed by atoms with Crippen LogP contribution in [0.3, 0.4) is 0 Å². The molecule has 2 amide bonds. The van der Waals surface area contributed by atoms with Crippen molar-refractivity contribution in [3.05, 3.63) is 88.5 Å². The summed E-state index contributed by atoms with van der Waals surface area (Å²) in [5.41, 5.74) is -0.0734. The van der Waals surface area contributed by atoms with Gasteiger partial charge in [0.1, 0.15) is 11.3 Å². The van der Waals surface area contributed by atoms with Gasteiger partial charge >= 0.3 is 12.2 Å². The van der Waals surface area contributed by atoms with Crippen LogP contribution >= 0.6 is 23.2 Å². The lowest BCUT2D eigenvalue weighted by Crippen LogP contribution is -2.19. The highest BCUT2D eigenvalue weighted by Gasteiger charge is 2.33. The Labute approximate surface area is 196 Å². The summed E-state index contributed by atoms with van der Waals surface area (Å²) < 4.78 is 44.8. The van der Waals surface area contributed by atoms with Crippen LogP contribution in [-0.4, -0.2) is 11.0 Å². The molecule has 5 nitrogen and oxygen atoms in total. The number of pyridine rings is 1. The molecule has 168 valence electrons. The molecule has 1 aromatic heterocycles. The number of benzene rings is 3. The highest BCUT2D eigenvalue weighted by atomic mass is 35.5. The zero-order chi connectivity index (χ0) is 23.6. The van der Waals surface area contributed by atoms with E-state index in [4.69, 9.17) is 27.9 Å². The largest absolute Gasteiger partial charge is 0.455 e. The van der Waals surface area contributed by atoms with Gasteiger partial charge in [-0.1, -0.05) is 23.2 Å². The quantitative estimate of drug-likeness (QED) is 0.304. The molecule has 0 fully saturated rings. The molecule has 1 heterocycles. The minimum Gasteiger partial charge on any atom is -0.455 e. The fraction of sp³-hybridized carbons (Fsp3) is 0.0435. The van der Waals surface area contributed by atoms with E-state index in [2.05, 4.69) is 15.6 Å². The minimum absolute atomic E-state index is 0.0497. The molecule has 0 radical (unpaired) electrons. The number of ether oxygens (including phenoxy) is 1. The van der Waals surface area contributed by atoms with Crippen LogP contribution in [0.25, 0.3) is 10.9 Å². The van der Waals surface area contributed by atoms with E-state index in [1.165, 1.54) is 6.07 Å². The molecule has 4 rings (SSSR count). The predicted octanol–water partition coefficient (Wildman–Crippen LogP) is 8.00. The lowest BCUT2D eigenvalue weighted by molar-refractivity contribution is -0.137. The van der Waals surface area contributed by atoms with Crippen LogP contribution in [0.5, 0.6) is 11.5 Å². The third-order valence-electron chi connectivity index (χ3n) is 4.55. The van der Waals surface area contributed by atoms with Gasteiger partial charge in [-0.05, 0) is 66.7 Å². The van der Waals surface area contributed by atoms with Crippen molar-refractivity contribution >= 4 is 51.5 Å². The summed E-state index contributed by atoms with van der Waals surface area (Å²) in [5, 5.41) is 5.75. The molecule has 0 aliphatic rings. The van der Waals surface area contributed by atoms with E-state index in [-0.39, 0.29) is 5.69 Å². The maximum atomic E-state index is 13.0. The molecule has 0 saturated heterocycles. The number of hydrogen-bond acceptors (Lipinski definition) is 3. The molecule has 0 aliphatic heterocycles. The van der Waals surface area contributed by atoms with Crippen molar-refractivity contribution in [3.63, 3.8) is 0 Å². The summed E-state index contributed by atoms with van der Waals surface area (Å²) in [6.07, 6.45) is -3.00. The van der Waals surface area contributed by atoms with Crippen molar-refractivity contribution in [2.24, 2.45) is 0 Å². The summed E-state index contributed by atoms with van der Waals surface area (Å²) in [6, 6.07) is 15.9. The first-order chi connectivity index (χ1) is 15.7. The summed E-state index contributed by atoms with van der Waals surface area (Å²) in [4.78, 5) is 16.5. The van der Waals surface area contributed by atoms with Gasteiger partial charge < -0.3 is 15.4 Å². The number of rotatable bonds is 4. The molecule has 10 heteroatoms. The first kappa shape index (κ1) is 22.7. The Bertz CT molecular complexity index is 1330. The monoisotopic (exact) mass is 491 g/mol. The second-order valence-corrected chi connectivity index (χ2v) is 7.66. The predicted molar refractivity (Wildman–Crippen MR) is 122 cm³/mol. The van der Waals surface area contributed by atoms with Gasteiger partial charge in [0, 0.05) is 23.0 Å². The van der Waals surface area contributed by atoms with Crippen molar-refractivity contribution in [2.45, 2.75) is 6.18 Å². The lowest BCUT2D eigenvalue weighted by atomic mass is 10.2. The van der Waals surface area contributed by atoms with Crippen LogP contribution in [0.4, 0.5) is 29.3 Å². The van der Waals surface area contributed by atoms with Crippen molar-refractivity contribution in [3.8, 4) is 11.5 Å². The Morgan fingerprint density at radius 2 is 1.55 bits per heavy atom.